The molecule has 3 nitrogen and oxygen atoms in total. The molecule has 0 saturated heterocycles. The monoisotopic (exact) mass is 277 g/mol. The molecule has 1 atom stereocenters. The predicted octanol–water partition coefficient (Wildman–Crippen LogP) is 3.65. The Morgan fingerprint density at radius 1 is 0.952 bits per heavy atom. The van der Waals surface area contributed by atoms with Crippen molar-refractivity contribution in [1.82, 2.24) is 4.98 Å². The van der Waals surface area contributed by atoms with E-state index in [0.29, 0.717) is 12.1 Å². The summed E-state index contributed by atoms with van der Waals surface area (Å²) < 4.78 is 0. The molecule has 0 fully saturated rings. The molecule has 0 radical (unpaired) electrons. The van der Waals surface area contributed by atoms with E-state index in [9.17, 15) is 9.90 Å². The third-order valence-corrected chi connectivity index (χ3v) is 3.56. The maximum atomic E-state index is 11.6. The highest BCUT2D eigenvalue weighted by molar-refractivity contribution is 5.81. The molecule has 3 rings (SSSR count). The lowest BCUT2D eigenvalue weighted by molar-refractivity contribution is -0.138. The summed E-state index contributed by atoms with van der Waals surface area (Å²) in [4.78, 5) is 16.1. The Hall–Kier alpha value is -2.68. The van der Waals surface area contributed by atoms with Crippen LogP contribution in [0.3, 0.4) is 0 Å². The van der Waals surface area contributed by atoms with Gasteiger partial charge in [-0.1, -0.05) is 54.6 Å². The van der Waals surface area contributed by atoms with Crippen LogP contribution < -0.4 is 0 Å². The summed E-state index contributed by atoms with van der Waals surface area (Å²) in [5.41, 5.74) is 2.43. The van der Waals surface area contributed by atoms with Gasteiger partial charge in [-0.2, -0.15) is 0 Å². The lowest BCUT2D eigenvalue weighted by Crippen LogP contribution is -2.15. The van der Waals surface area contributed by atoms with Crippen LogP contribution in [0.4, 0.5) is 0 Å². The van der Waals surface area contributed by atoms with Crippen LogP contribution in [-0.4, -0.2) is 16.1 Å². The number of nitrogens with zero attached hydrogens (tertiary/aromatic N) is 1. The van der Waals surface area contributed by atoms with Gasteiger partial charge in [0.25, 0.3) is 0 Å². The van der Waals surface area contributed by atoms with Gasteiger partial charge in [0.1, 0.15) is 5.92 Å². The Bertz CT molecular complexity index is 768. The summed E-state index contributed by atoms with van der Waals surface area (Å²) in [5, 5.41) is 10.5. The second-order valence-electron chi connectivity index (χ2n) is 5.01. The van der Waals surface area contributed by atoms with Crippen molar-refractivity contribution in [1.29, 1.82) is 0 Å². The number of aliphatic carboxylic acids is 1. The van der Waals surface area contributed by atoms with Crippen LogP contribution in [0.15, 0.2) is 66.7 Å². The smallest absolute Gasteiger partial charge is 0.312 e. The van der Waals surface area contributed by atoms with E-state index in [1.807, 2.05) is 66.7 Å². The van der Waals surface area contributed by atoms with Gasteiger partial charge in [0.15, 0.2) is 0 Å². The fourth-order valence-corrected chi connectivity index (χ4v) is 2.44. The summed E-state index contributed by atoms with van der Waals surface area (Å²) in [6.45, 7) is 0. The Labute approximate surface area is 122 Å². The van der Waals surface area contributed by atoms with Crippen molar-refractivity contribution in [3.63, 3.8) is 0 Å². The molecule has 1 N–H and O–H groups in total. The van der Waals surface area contributed by atoms with E-state index < -0.39 is 11.9 Å². The van der Waals surface area contributed by atoms with E-state index in [2.05, 4.69) is 4.98 Å². The lowest BCUT2D eigenvalue weighted by atomic mass is 9.95. The van der Waals surface area contributed by atoms with E-state index in [1.165, 1.54) is 0 Å². The Balaban J connectivity index is 1.97. The van der Waals surface area contributed by atoms with Crippen LogP contribution in [0, 0.1) is 0 Å². The Kier molecular flexibility index (Phi) is 3.65. The van der Waals surface area contributed by atoms with Gasteiger partial charge in [0.05, 0.1) is 11.2 Å². The van der Waals surface area contributed by atoms with E-state index in [1.54, 1.807) is 0 Å². The molecule has 0 aliphatic heterocycles. The second kappa shape index (κ2) is 5.75. The molecular formula is C18H15NO2. The summed E-state index contributed by atoms with van der Waals surface area (Å²) >= 11 is 0. The van der Waals surface area contributed by atoms with Crippen LogP contribution >= 0.6 is 0 Å². The number of hydrogen-bond donors (Lipinski definition) is 1. The number of hydrogen-bond acceptors (Lipinski definition) is 2. The molecule has 3 aromatic rings. The quantitative estimate of drug-likeness (QED) is 0.792. The molecule has 0 bridgehead atoms. The zero-order valence-corrected chi connectivity index (χ0v) is 11.4. The highest BCUT2D eigenvalue weighted by atomic mass is 16.4. The SMILES string of the molecule is O=C(O)C(Cc1ccccc1)c1ccc2ccccc2n1. The van der Waals surface area contributed by atoms with Crippen molar-refractivity contribution in [2.24, 2.45) is 0 Å². The summed E-state index contributed by atoms with van der Waals surface area (Å²) in [5.74, 6) is -1.47. The van der Waals surface area contributed by atoms with Gasteiger partial charge in [-0.3, -0.25) is 9.78 Å². The van der Waals surface area contributed by atoms with Gasteiger partial charge in [-0.05, 0) is 24.1 Å². The normalized spacial score (nSPS) is 12.2. The van der Waals surface area contributed by atoms with Gasteiger partial charge >= 0.3 is 5.97 Å². The molecular weight excluding hydrogens is 262 g/mol. The number of aromatic nitrogens is 1. The van der Waals surface area contributed by atoms with Gasteiger partial charge in [-0.15, -0.1) is 0 Å². The average molecular weight is 277 g/mol. The largest absolute Gasteiger partial charge is 0.481 e. The maximum absolute atomic E-state index is 11.6. The number of fused-ring (bicyclic) bond motifs is 1. The average Bonchev–Trinajstić information content (AvgIpc) is 2.53. The van der Waals surface area contributed by atoms with Gasteiger partial charge in [-0.25, -0.2) is 0 Å². The first-order valence-electron chi connectivity index (χ1n) is 6.86. The first-order valence-corrected chi connectivity index (χ1v) is 6.86. The summed E-state index contributed by atoms with van der Waals surface area (Å²) in [7, 11) is 0. The predicted molar refractivity (Wildman–Crippen MR) is 82.3 cm³/mol. The summed E-state index contributed by atoms with van der Waals surface area (Å²) in [6.07, 6.45) is 0.446. The van der Waals surface area contributed by atoms with Crippen molar-refractivity contribution < 1.29 is 9.90 Å². The molecule has 0 aliphatic carbocycles. The summed E-state index contributed by atoms with van der Waals surface area (Å²) in [6, 6.07) is 21.1. The Morgan fingerprint density at radius 2 is 1.67 bits per heavy atom. The topological polar surface area (TPSA) is 50.2 Å². The first kappa shape index (κ1) is 13.3. The molecule has 104 valence electrons. The van der Waals surface area contributed by atoms with Crippen molar-refractivity contribution in [3.8, 4) is 0 Å². The minimum Gasteiger partial charge on any atom is -0.481 e. The molecule has 21 heavy (non-hydrogen) atoms. The molecule has 3 heteroatoms. The molecule has 1 aromatic heterocycles. The molecule has 0 spiro atoms. The third kappa shape index (κ3) is 2.92. The van der Waals surface area contributed by atoms with Crippen molar-refractivity contribution in [3.05, 3.63) is 78.0 Å². The lowest BCUT2D eigenvalue weighted by Gasteiger charge is -2.12. The zero-order valence-electron chi connectivity index (χ0n) is 11.4. The first-order chi connectivity index (χ1) is 10.2. The molecule has 2 aromatic carbocycles. The van der Waals surface area contributed by atoms with E-state index >= 15 is 0 Å². The van der Waals surface area contributed by atoms with E-state index in [0.717, 1.165) is 16.5 Å². The van der Waals surface area contributed by atoms with E-state index in [4.69, 9.17) is 0 Å². The van der Waals surface area contributed by atoms with Crippen molar-refractivity contribution in [2.45, 2.75) is 12.3 Å². The molecule has 1 unspecified atom stereocenters. The van der Waals surface area contributed by atoms with Crippen molar-refractivity contribution >= 4 is 16.9 Å². The number of pyridine rings is 1. The third-order valence-electron chi connectivity index (χ3n) is 3.56. The Morgan fingerprint density at radius 3 is 2.43 bits per heavy atom. The number of rotatable bonds is 4. The fourth-order valence-electron chi connectivity index (χ4n) is 2.44. The molecule has 0 saturated carbocycles. The van der Waals surface area contributed by atoms with Crippen LogP contribution in [0.1, 0.15) is 17.2 Å². The van der Waals surface area contributed by atoms with Crippen LogP contribution in [0.25, 0.3) is 10.9 Å². The van der Waals surface area contributed by atoms with Crippen LogP contribution in [-0.2, 0) is 11.2 Å². The van der Waals surface area contributed by atoms with Gasteiger partial charge in [0.2, 0.25) is 0 Å². The van der Waals surface area contributed by atoms with E-state index in [-0.39, 0.29) is 0 Å². The standard InChI is InChI=1S/C18H15NO2/c20-18(21)15(12-13-6-2-1-3-7-13)17-11-10-14-8-4-5-9-16(14)19-17/h1-11,15H,12H2,(H,20,21). The van der Waals surface area contributed by atoms with Gasteiger partial charge in [0, 0.05) is 5.39 Å². The zero-order chi connectivity index (χ0) is 14.7. The van der Waals surface area contributed by atoms with Crippen LogP contribution in [0.5, 0.6) is 0 Å². The highest BCUT2D eigenvalue weighted by Crippen LogP contribution is 2.22. The number of carbonyl (C=O) groups is 1. The van der Waals surface area contributed by atoms with Crippen molar-refractivity contribution in [2.75, 3.05) is 0 Å². The highest BCUT2D eigenvalue weighted by Gasteiger charge is 2.21. The maximum Gasteiger partial charge on any atom is 0.312 e. The fraction of sp³-hybridized carbons (Fsp3) is 0.111. The number of para-hydroxylation sites is 1. The number of carboxylic acid groups (broad SMARTS) is 1. The number of carboxylic acids is 1. The second-order valence-corrected chi connectivity index (χ2v) is 5.01. The van der Waals surface area contributed by atoms with Crippen LogP contribution in [0.2, 0.25) is 0 Å². The molecule has 0 amide bonds. The minimum absolute atomic E-state index is 0.446. The molecule has 1 heterocycles. The minimum atomic E-state index is -0.846. The molecule has 0 aliphatic rings. The number of benzene rings is 2. The van der Waals surface area contributed by atoms with Gasteiger partial charge < -0.3 is 5.11 Å².